The first-order chi connectivity index (χ1) is 6.63. The van der Waals surface area contributed by atoms with Crippen LogP contribution in [0.25, 0.3) is 0 Å². The highest BCUT2D eigenvalue weighted by Gasteiger charge is 2.10. The molecule has 0 saturated heterocycles. The number of hydrogen-bond acceptors (Lipinski definition) is 4. The van der Waals surface area contributed by atoms with E-state index in [9.17, 15) is 9.90 Å². The van der Waals surface area contributed by atoms with Gasteiger partial charge in [0.15, 0.2) is 5.09 Å². The highest BCUT2D eigenvalue weighted by molar-refractivity contribution is 7.99. The Kier molecular flexibility index (Phi) is 4.03. The molecule has 0 amide bonds. The standard InChI is InChI=1S/C9H12O4S/c1-2-6(10)5-14-8-4-3-7(13-8)9(11)12/h3-4,6,10H,2,5H2,1H3,(H,11,12). The summed E-state index contributed by atoms with van der Waals surface area (Å²) < 4.78 is 4.99. The summed E-state index contributed by atoms with van der Waals surface area (Å²) in [6.07, 6.45) is 0.304. The predicted molar refractivity (Wildman–Crippen MR) is 52.7 cm³/mol. The third kappa shape index (κ3) is 3.08. The first-order valence-corrected chi connectivity index (χ1v) is 5.26. The fourth-order valence-corrected chi connectivity index (χ4v) is 1.71. The lowest BCUT2D eigenvalue weighted by atomic mass is 10.3. The molecule has 1 atom stereocenters. The second kappa shape index (κ2) is 5.07. The monoisotopic (exact) mass is 216 g/mol. The fraction of sp³-hybridized carbons (Fsp3) is 0.444. The number of carbonyl (C=O) groups is 1. The van der Waals surface area contributed by atoms with Crippen molar-refractivity contribution in [1.29, 1.82) is 0 Å². The van der Waals surface area contributed by atoms with Gasteiger partial charge >= 0.3 is 5.97 Å². The molecule has 78 valence electrons. The average molecular weight is 216 g/mol. The Morgan fingerprint density at radius 2 is 2.36 bits per heavy atom. The molecule has 1 aromatic rings. The van der Waals surface area contributed by atoms with Gasteiger partial charge in [0.05, 0.1) is 6.10 Å². The zero-order chi connectivity index (χ0) is 10.6. The minimum atomic E-state index is -1.08. The first kappa shape index (κ1) is 11.1. The van der Waals surface area contributed by atoms with Gasteiger partial charge in [0.25, 0.3) is 0 Å². The van der Waals surface area contributed by atoms with Crippen molar-refractivity contribution >= 4 is 17.7 Å². The van der Waals surface area contributed by atoms with Crippen molar-refractivity contribution < 1.29 is 19.4 Å². The van der Waals surface area contributed by atoms with Crippen LogP contribution in [0.2, 0.25) is 0 Å². The van der Waals surface area contributed by atoms with Crippen molar-refractivity contribution in [3.05, 3.63) is 17.9 Å². The highest BCUT2D eigenvalue weighted by Crippen LogP contribution is 2.22. The Labute approximate surface area is 85.9 Å². The lowest BCUT2D eigenvalue weighted by molar-refractivity contribution is 0.0656. The molecule has 0 radical (unpaired) electrons. The average Bonchev–Trinajstić information content (AvgIpc) is 2.62. The van der Waals surface area contributed by atoms with Crippen LogP contribution in [0.15, 0.2) is 21.6 Å². The minimum Gasteiger partial charge on any atom is -0.475 e. The van der Waals surface area contributed by atoms with Crippen molar-refractivity contribution in [3.8, 4) is 0 Å². The molecule has 0 saturated carbocycles. The molecular weight excluding hydrogens is 204 g/mol. The summed E-state index contributed by atoms with van der Waals surface area (Å²) in [5, 5.41) is 18.3. The summed E-state index contributed by atoms with van der Waals surface area (Å²) in [5.74, 6) is -0.630. The van der Waals surface area contributed by atoms with Gasteiger partial charge in [-0.2, -0.15) is 0 Å². The summed E-state index contributed by atoms with van der Waals surface area (Å²) in [4.78, 5) is 10.5. The van der Waals surface area contributed by atoms with Gasteiger partial charge in [0.2, 0.25) is 5.76 Å². The van der Waals surface area contributed by atoms with Crippen molar-refractivity contribution in [2.45, 2.75) is 24.5 Å². The third-order valence-corrected chi connectivity index (χ3v) is 2.74. The predicted octanol–water partition coefficient (Wildman–Crippen LogP) is 1.84. The molecule has 0 aliphatic carbocycles. The maximum atomic E-state index is 10.5. The summed E-state index contributed by atoms with van der Waals surface area (Å²) in [6.45, 7) is 1.88. The second-order valence-electron chi connectivity index (χ2n) is 2.80. The van der Waals surface area contributed by atoms with E-state index in [1.54, 1.807) is 6.07 Å². The van der Waals surface area contributed by atoms with Crippen LogP contribution in [-0.4, -0.2) is 28.0 Å². The van der Waals surface area contributed by atoms with Crippen LogP contribution in [0.3, 0.4) is 0 Å². The van der Waals surface area contributed by atoms with Crippen molar-refractivity contribution in [1.82, 2.24) is 0 Å². The van der Waals surface area contributed by atoms with Gasteiger partial charge in [0.1, 0.15) is 0 Å². The Balaban J connectivity index is 2.48. The molecule has 1 aromatic heterocycles. The number of aliphatic hydroxyl groups excluding tert-OH is 1. The van der Waals surface area contributed by atoms with E-state index in [-0.39, 0.29) is 11.9 Å². The number of aromatic carboxylic acids is 1. The van der Waals surface area contributed by atoms with E-state index in [2.05, 4.69) is 0 Å². The molecule has 0 aromatic carbocycles. The Morgan fingerprint density at radius 3 is 2.86 bits per heavy atom. The SMILES string of the molecule is CCC(O)CSc1ccc(C(=O)O)o1. The zero-order valence-corrected chi connectivity index (χ0v) is 8.58. The quantitative estimate of drug-likeness (QED) is 0.735. The smallest absolute Gasteiger partial charge is 0.371 e. The van der Waals surface area contributed by atoms with Crippen molar-refractivity contribution in [3.63, 3.8) is 0 Å². The topological polar surface area (TPSA) is 70.7 Å². The van der Waals surface area contributed by atoms with Gasteiger partial charge in [-0.05, 0) is 18.6 Å². The fourth-order valence-electron chi connectivity index (χ4n) is 0.809. The number of hydrogen-bond donors (Lipinski definition) is 2. The highest BCUT2D eigenvalue weighted by atomic mass is 32.2. The molecule has 0 fully saturated rings. The maximum Gasteiger partial charge on any atom is 0.371 e. The van der Waals surface area contributed by atoms with Crippen molar-refractivity contribution in [2.75, 3.05) is 5.75 Å². The van der Waals surface area contributed by atoms with Crippen LogP contribution in [0, 0.1) is 0 Å². The molecule has 0 spiro atoms. The van der Waals surface area contributed by atoms with Gasteiger partial charge in [-0.1, -0.05) is 18.7 Å². The number of furan rings is 1. The molecule has 1 heterocycles. The number of carboxylic acids is 1. The number of thioether (sulfide) groups is 1. The maximum absolute atomic E-state index is 10.5. The number of rotatable bonds is 5. The van der Waals surface area contributed by atoms with Gasteiger partial charge < -0.3 is 14.6 Å². The van der Waals surface area contributed by atoms with Crippen LogP contribution in [0.4, 0.5) is 0 Å². The minimum absolute atomic E-state index is 0.0708. The molecule has 1 rings (SSSR count). The molecule has 2 N–H and O–H groups in total. The Hall–Kier alpha value is -0.940. The first-order valence-electron chi connectivity index (χ1n) is 4.27. The van der Waals surface area contributed by atoms with E-state index < -0.39 is 5.97 Å². The van der Waals surface area contributed by atoms with E-state index in [1.165, 1.54) is 17.8 Å². The van der Waals surface area contributed by atoms with E-state index in [0.717, 1.165) is 0 Å². The molecule has 0 aliphatic rings. The molecule has 0 aliphatic heterocycles. The van der Waals surface area contributed by atoms with Gasteiger partial charge in [-0.3, -0.25) is 0 Å². The van der Waals surface area contributed by atoms with E-state index in [1.807, 2.05) is 6.92 Å². The summed E-state index contributed by atoms with van der Waals surface area (Å²) in [6, 6.07) is 3.00. The van der Waals surface area contributed by atoms with Gasteiger partial charge in [-0.25, -0.2) is 4.79 Å². The van der Waals surface area contributed by atoms with Gasteiger partial charge in [-0.15, -0.1) is 0 Å². The normalized spacial score (nSPS) is 12.7. The molecular formula is C9H12O4S. The molecule has 14 heavy (non-hydrogen) atoms. The molecule has 0 bridgehead atoms. The van der Waals surface area contributed by atoms with E-state index in [0.29, 0.717) is 17.3 Å². The van der Waals surface area contributed by atoms with Crippen molar-refractivity contribution in [2.24, 2.45) is 0 Å². The largest absolute Gasteiger partial charge is 0.475 e. The van der Waals surface area contributed by atoms with Crippen LogP contribution in [0.5, 0.6) is 0 Å². The van der Waals surface area contributed by atoms with Gasteiger partial charge in [0, 0.05) is 5.75 Å². The summed E-state index contributed by atoms with van der Waals surface area (Å²) >= 11 is 1.31. The van der Waals surface area contributed by atoms with Crippen LogP contribution >= 0.6 is 11.8 Å². The summed E-state index contributed by atoms with van der Waals surface area (Å²) in [7, 11) is 0. The van der Waals surface area contributed by atoms with E-state index in [4.69, 9.17) is 9.52 Å². The number of carboxylic acid groups (broad SMARTS) is 1. The lowest BCUT2D eigenvalue weighted by Crippen LogP contribution is -2.06. The number of aliphatic hydroxyl groups is 1. The molecule has 4 nitrogen and oxygen atoms in total. The van der Waals surface area contributed by atoms with Crippen LogP contribution in [0.1, 0.15) is 23.9 Å². The molecule has 5 heteroatoms. The van der Waals surface area contributed by atoms with Crippen LogP contribution in [-0.2, 0) is 0 Å². The zero-order valence-electron chi connectivity index (χ0n) is 7.77. The molecule has 1 unspecified atom stereocenters. The van der Waals surface area contributed by atoms with Crippen LogP contribution < -0.4 is 0 Å². The second-order valence-corrected chi connectivity index (χ2v) is 3.82. The lowest BCUT2D eigenvalue weighted by Gasteiger charge is -2.03. The Morgan fingerprint density at radius 1 is 1.64 bits per heavy atom. The van der Waals surface area contributed by atoms with E-state index >= 15 is 0 Å². The third-order valence-electron chi connectivity index (χ3n) is 1.68. The Bertz CT molecular complexity index is 308. The summed E-state index contributed by atoms with van der Waals surface area (Å²) in [5.41, 5.74) is 0.